The first-order chi connectivity index (χ1) is 22.0. The summed E-state index contributed by atoms with van der Waals surface area (Å²) in [5.41, 5.74) is 0.229. The first kappa shape index (κ1) is 34.2. The van der Waals surface area contributed by atoms with Crippen LogP contribution in [0, 0.1) is 0 Å². The SMILES string of the molecule is CCCCN(CC(=O)N[C@@]1(c2ccccc2)C(=O)N(CC(=O)OC(C)(C)C)C(c2ccccc2)=C[C@H]1c1ccccc1)C(=O)CC. The second-order valence-electron chi connectivity index (χ2n) is 12.5. The van der Waals surface area contributed by atoms with Gasteiger partial charge in [-0.25, -0.2) is 0 Å². The van der Waals surface area contributed by atoms with Gasteiger partial charge in [-0.1, -0.05) is 111 Å². The fourth-order valence-corrected chi connectivity index (χ4v) is 5.86. The van der Waals surface area contributed by atoms with Gasteiger partial charge < -0.3 is 15.0 Å². The Kier molecular flexibility index (Phi) is 11.2. The van der Waals surface area contributed by atoms with Crippen LogP contribution in [0.1, 0.15) is 76.5 Å². The monoisotopic (exact) mass is 623 g/mol. The van der Waals surface area contributed by atoms with Crippen LogP contribution in [0.5, 0.6) is 0 Å². The molecular weight excluding hydrogens is 578 g/mol. The second-order valence-corrected chi connectivity index (χ2v) is 12.5. The van der Waals surface area contributed by atoms with Gasteiger partial charge in [0.2, 0.25) is 11.8 Å². The molecule has 8 nitrogen and oxygen atoms in total. The molecule has 1 N–H and O–H groups in total. The third-order valence-corrected chi connectivity index (χ3v) is 7.94. The van der Waals surface area contributed by atoms with Crippen LogP contribution in [0.3, 0.4) is 0 Å². The standard InChI is InChI=1S/C38H45N3O5/c1-6-8-24-40(34(43)7-2)26-33(42)39-38(30-22-16-11-17-23-30)31(28-18-12-9-13-19-28)25-32(29-20-14-10-15-21-29)41(36(38)45)27-35(44)46-37(3,4)5/h9-23,25,31H,6-8,24,26-27H2,1-5H3,(H,39,42)/t31-,38+/m0/s1. The van der Waals surface area contributed by atoms with Gasteiger partial charge in [0.15, 0.2) is 5.54 Å². The maximum atomic E-state index is 15.3. The van der Waals surface area contributed by atoms with Crippen molar-refractivity contribution in [3.05, 3.63) is 114 Å². The molecule has 0 bridgehead atoms. The predicted octanol–water partition coefficient (Wildman–Crippen LogP) is 6.05. The molecule has 0 spiro atoms. The van der Waals surface area contributed by atoms with E-state index in [1.165, 1.54) is 4.90 Å². The number of carbonyl (C=O) groups is 4. The summed E-state index contributed by atoms with van der Waals surface area (Å²) in [7, 11) is 0. The Morgan fingerprint density at radius 3 is 2.04 bits per heavy atom. The number of hydrogen-bond acceptors (Lipinski definition) is 5. The lowest BCUT2D eigenvalue weighted by molar-refractivity contribution is -0.159. The van der Waals surface area contributed by atoms with Crippen molar-refractivity contribution in [2.75, 3.05) is 19.6 Å². The third-order valence-electron chi connectivity index (χ3n) is 7.94. The Hall–Kier alpha value is -4.72. The van der Waals surface area contributed by atoms with Crippen LogP contribution >= 0.6 is 0 Å². The van der Waals surface area contributed by atoms with Gasteiger partial charge in [0.05, 0.1) is 6.54 Å². The number of esters is 1. The van der Waals surface area contributed by atoms with Crippen LogP contribution in [0.4, 0.5) is 0 Å². The Morgan fingerprint density at radius 2 is 1.48 bits per heavy atom. The quantitative estimate of drug-likeness (QED) is 0.248. The molecule has 3 aromatic carbocycles. The van der Waals surface area contributed by atoms with Crippen LogP contribution in [0.15, 0.2) is 97.1 Å². The van der Waals surface area contributed by atoms with Crippen LogP contribution in [-0.4, -0.2) is 58.7 Å². The number of hydrogen-bond donors (Lipinski definition) is 1. The molecule has 4 rings (SSSR count). The predicted molar refractivity (Wildman–Crippen MR) is 179 cm³/mol. The molecule has 1 heterocycles. The number of rotatable bonds is 12. The molecule has 3 aromatic rings. The van der Waals surface area contributed by atoms with Crippen molar-refractivity contribution >= 4 is 29.4 Å². The van der Waals surface area contributed by atoms with E-state index in [1.807, 2.05) is 104 Å². The molecule has 0 unspecified atom stereocenters. The van der Waals surface area contributed by atoms with Gasteiger partial charge in [0.1, 0.15) is 12.1 Å². The minimum Gasteiger partial charge on any atom is -0.459 e. The van der Waals surface area contributed by atoms with Crippen LogP contribution < -0.4 is 5.32 Å². The van der Waals surface area contributed by atoms with Crippen molar-refractivity contribution in [1.82, 2.24) is 15.1 Å². The van der Waals surface area contributed by atoms with Gasteiger partial charge >= 0.3 is 5.97 Å². The van der Waals surface area contributed by atoms with Crippen molar-refractivity contribution in [3.63, 3.8) is 0 Å². The van der Waals surface area contributed by atoms with E-state index in [2.05, 4.69) is 5.32 Å². The van der Waals surface area contributed by atoms with E-state index < -0.39 is 34.8 Å². The Labute approximate surface area is 272 Å². The Bertz CT molecular complexity index is 1530. The number of unbranched alkanes of at least 4 members (excludes halogenated alkanes) is 1. The van der Waals surface area contributed by atoms with Gasteiger partial charge in [0.25, 0.3) is 5.91 Å². The highest BCUT2D eigenvalue weighted by molar-refractivity contribution is 6.03. The highest BCUT2D eigenvalue weighted by atomic mass is 16.6. The summed E-state index contributed by atoms with van der Waals surface area (Å²) in [5.74, 6) is -2.32. The third kappa shape index (κ3) is 7.91. The number of benzene rings is 3. The van der Waals surface area contributed by atoms with Gasteiger partial charge in [-0.05, 0) is 50.0 Å². The maximum absolute atomic E-state index is 15.3. The zero-order valence-electron chi connectivity index (χ0n) is 27.5. The molecule has 242 valence electrons. The minimum atomic E-state index is -1.65. The number of amides is 3. The molecule has 1 aliphatic rings. The summed E-state index contributed by atoms with van der Waals surface area (Å²) in [6.45, 7) is 9.01. The van der Waals surface area contributed by atoms with E-state index >= 15 is 4.79 Å². The fourth-order valence-electron chi connectivity index (χ4n) is 5.86. The normalized spacial score (nSPS) is 18.0. The summed E-state index contributed by atoms with van der Waals surface area (Å²) >= 11 is 0. The van der Waals surface area contributed by atoms with Gasteiger partial charge in [0, 0.05) is 24.6 Å². The van der Waals surface area contributed by atoms with E-state index in [-0.39, 0.29) is 25.4 Å². The average molecular weight is 624 g/mol. The molecule has 0 saturated heterocycles. The zero-order valence-corrected chi connectivity index (χ0v) is 27.5. The molecule has 3 amide bonds. The topological polar surface area (TPSA) is 96.0 Å². The summed E-state index contributed by atoms with van der Waals surface area (Å²) in [4.78, 5) is 58.5. The van der Waals surface area contributed by atoms with Gasteiger partial charge in [-0.15, -0.1) is 0 Å². The molecule has 2 atom stereocenters. The minimum absolute atomic E-state index is 0.134. The Morgan fingerprint density at radius 1 is 0.891 bits per heavy atom. The fraction of sp³-hybridized carbons (Fsp3) is 0.368. The van der Waals surface area contributed by atoms with Crippen molar-refractivity contribution in [2.45, 2.75) is 70.9 Å². The second kappa shape index (κ2) is 15.0. The number of ether oxygens (including phenoxy) is 1. The molecule has 1 aliphatic heterocycles. The smallest absolute Gasteiger partial charge is 0.326 e. The molecular formula is C38H45N3O5. The first-order valence-corrected chi connectivity index (χ1v) is 16.0. The maximum Gasteiger partial charge on any atom is 0.326 e. The molecule has 0 aliphatic carbocycles. The van der Waals surface area contributed by atoms with E-state index in [0.29, 0.717) is 17.8 Å². The molecule has 46 heavy (non-hydrogen) atoms. The summed E-state index contributed by atoms with van der Waals surface area (Å²) in [6.07, 6.45) is 3.83. The van der Waals surface area contributed by atoms with Crippen molar-refractivity contribution < 1.29 is 23.9 Å². The molecule has 0 fully saturated rings. The molecule has 0 saturated carbocycles. The van der Waals surface area contributed by atoms with Crippen LogP contribution in [-0.2, 0) is 29.5 Å². The highest BCUT2D eigenvalue weighted by Gasteiger charge is 2.54. The lowest BCUT2D eigenvalue weighted by Crippen LogP contribution is -2.63. The van der Waals surface area contributed by atoms with E-state index in [0.717, 1.165) is 24.0 Å². The highest BCUT2D eigenvalue weighted by Crippen LogP contribution is 2.46. The number of carbonyl (C=O) groups excluding carboxylic acids is 4. The molecule has 0 radical (unpaired) electrons. The van der Waals surface area contributed by atoms with Crippen LogP contribution in [0.2, 0.25) is 0 Å². The van der Waals surface area contributed by atoms with Crippen molar-refractivity contribution in [2.24, 2.45) is 0 Å². The van der Waals surface area contributed by atoms with E-state index in [4.69, 9.17) is 4.74 Å². The largest absolute Gasteiger partial charge is 0.459 e. The average Bonchev–Trinajstić information content (AvgIpc) is 3.05. The zero-order chi connectivity index (χ0) is 33.3. The Balaban J connectivity index is 1.93. The summed E-state index contributed by atoms with van der Waals surface area (Å²) in [5, 5.41) is 3.14. The number of nitrogens with one attached hydrogen (secondary N) is 1. The van der Waals surface area contributed by atoms with E-state index in [9.17, 15) is 14.4 Å². The molecule has 8 heteroatoms. The van der Waals surface area contributed by atoms with Crippen LogP contribution in [0.25, 0.3) is 5.70 Å². The molecule has 0 aromatic heterocycles. The lowest BCUT2D eigenvalue weighted by atomic mass is 9.70. The van der Waals surface area contributed by atoms with Crippen molar-refractivity contribution in [3.8, 4) is 0 Å². The van der Waals surface area contributed by atoms with E-state index in [1.54, 1.807) is 32.6 Å². The van der Waals surface area contributed by atoms with Gasteiger partial charge in [-0.3, -0.25) is 24.1 Å². The van der Waals surface area contributed by atoms with Gasteiger partial charge in [-0.2, -0.15) is 0 Å². The summed E-state index contributed by atoms with van der Waals surface area (Å²) in [6, 6.07) is 28.1. The summed E-state index contributed by atoms with van der Waals surface area (Å²) < 4.78 is 5.68. The van der Waals surface area contributed by atoms with Crippen molar-refractivity contribution in [1.29, 1.82) is 0 Å². The number of nitrogens with zero attached hydrogens (tertiary/aromatic N) is 2. The lowest BCUT2D eigenvalue weighted by Gasteiger charge is -2.47. The first-order valence-electron chi connectivity index (χ1n) is 16.0.